The van der Waals surface area contributed by atoms with Crippen molar-refractivity contribution in [2.24, 2.45) is 5.90 Å². The van der Waals surface area contributed by atoms with Crippen LogP contribution in [0.25, 0.3) is 0 Å². The van der Waals surface area contributed by atoms with E-state index >= 15 is 0 Å². The molecule has 0 bridgehead atoms. The molecule has 2 rings (SSSR count). The summed E-state index contributed by atoms with van der Waals surface area (Å²) >= 11 is 0. The summed E-state index contributed by atoms with van der Waals surface area (Å²) in [7, 11) is 3.78. The van der Waals surface area contributed by atoms with Gasteiger partial charge in [-0.3, -0.25) is 4.84 Å². The van der Waals surface area contributed by atoms with Gasteiger partial charge >= 0.3 is 0 Å². The third-order valence-corrected chi connectivity index (χ3v) is 2.87. The van der Waals surface area contributed by atoms with Gasteiger partial charge in [0.15, 0.2) is 0 Å². The Morgan fingerprint density at radius 3 is 2.93 bits per heavy atom. The standard InChI is InChI=1S/C11H16N2O2/c1-13-6-5-9-10(13)4-3-8(7-15-12)11(9)14-2/h3-4H,5-7,12H2,1-2H3. The summed E-state index contributed by atoms with van der Waals surface area (Å²) < 4.78 is 5.43. The number of ether oxygens (including phenoxy) is 1. The smallest absolute Gasteiger partial charge is 0.129 e. The molecule has 0 atom stereocenters. The van der Waals surface area contributed by atoms with Crippen molar-refractivity contribution in [1.29, 1.82) is 0 Å². The van der Waals surface area contributed by atoms with Crippen LogP contribution in [-0.4, -0.2) is 20.7 Å². The van der Waals surface area contributed by atoms with Crippen LogP contribution < -0.4 is 15.5 Å². The summed E-state index contributed by atoms with van der Waals surface area (Å²) in [5.74, 6) is 6.01. The molecule has 15 heavy (non-hydrogen) atoms. The number of methoxy groups -OCH3 is 1. The number of hydrogen-bond acceptors (Lipinski definition) is 4. The highest BCUT2D eigenvalue weighted by molar-refractivity contribution is 5.65. The van der Waals surface area contributed by atoms with E-state index in [1.807, 2.05) is 6.07 Å². The maximum absolute atomic E-state index is 5.43. The Balaban J connectivity index is 2.45. The number of benzene rings is 1. The quantitative estimate of drug-likeness (QED) is 0.755. The van der Waals surface area contributed by atoms with Gasteiger partial charge in [-0.1, -0.05) is 6.07 Å². The minimum Gasteiger partial charge on any atom is -0.496 e. The molecule has 4 nitrogen and oxygen atoms in total. The number of likely N-dealkylation sites (N-methyl/N-ethyl adjacent to an activating group) is 1. The predicted molar refractivity (Wildman–Crippen MR) is 58.9 cm³/mol. The first-order chi connectivity index (χ1) is 7.27. The van der Waals surface area contributed by atoms with Crippen LogP contribution >= 0.6 is 0 Å². The summed E-state index contributed by atoms with van der Waals surface area (Å²) in [4.78, 5) is 6.89. The van der Waals surface area contributed by atoms with Gasteiger partial charge in [-0.25, -0.2) is 5.90 Å². The predicted octanol–water partition coefficient (Wildman–Crippen LogP) is 1.08. The van der Waals surface area contributed by atoms with Crippen molar-refractivity contribution in [3.05, 3.63) is 23.3 Å². The van der Waals surface area contributed by atoms with Gasteiger partial charge in [0.2, 0.25) is 0 Å². The van der Waals surface area contributed by atoms with Gasteiger partial charge in [0, 0.05) is 30.4 Å². The van der Waals surface area contributed by atoms with Crippen molar-refractivity contribution in [3.8, 4) is 5.75 Å². The molecule has 0 radical (unpaired) electrons. The van der Waals surface area contributed by atoms with Crippen LogP contribution in [0, 0.1) is 0 Å². The molecular weight excluding hydrogens is 192 g/mol. The van der Waals surface area contributed by atoms with Gasteiger partial charge in [0.25, 0.3) is 0 Å². The number of anilines is 1. The molecule has 0 aromatic heterocycles. The van der Waals surface area contributed by atoms with Gasteiger partial charge in [-0.05, 0) is 12.5 Å². The minimum absolute atomic E-state index is 0.389. The molecule has 1 aromatic carbocycles. The highest BCUT2D eigenvalue weighted by Crippen LogP contribution is 2.36. The van der Waals surface area contributed by atoms with E-state index in [1.165, 1.54) is 11.3 Å². The van der Waals surface area contributed by atoms with Gasteiger partial charge in [-0.2, -0.15) is 0 Å². The Kier molecular flexibility index (Phi) is 2.79. The SMILES string of the molecule is COc1c(CON)ccc2c1CCN2C. The van der Waals surface area contributed by atoms with Crippen LogP contribution in [-0.2, 0) is 17.9 Å². The summed E-state index contributed by atoms with van der Waals surface area (Å²) in [6.07, 6.45) is 1.02. The Hall–Kier alpha value is -1.26. The van der Waals surface area contributed by atoms with E-state index in [2.05, 4.69) is 22.9 Å². The molecule has 0 saturated carbocycles. The zero-order valence-corrected chi connectivity index (χ0v) is 9.12. The van der Waals surface area contributed by atoms with Crippen LogP contribution in [0.2, 0.25) is 0 Å². The van der Waals surface area contributed by atoms with Gasteiger partial charge in [0.1, 0.15) is 5.75 Å². The van der Waals surface area contributed by atoms with Crippen LogP contribution in [0.5, 0.6) is 5.75 Å². The fourth-order valence-electron chi connectivity index (χ4n) is 2.12. The number of fused-ring (bicyclic) bond motifs is 1. The van der Waals surface area contributed by atoms with Crippen molar-refractivity contribution in [1.82, 2.24) is 0 Å². The maximum Gasteiger partial charge on any atom is 0.129 e. The maximum atomic E-state index is 5.43. The molecule has 0 saturated heterocycles. The Labute approximate surface area is 89.5 Å². The largest absolute Gasteiger partial charge is 0.496 e. The lowest BCUT2D eigenvalue weighted by Gasteiger charge is -2.15. The van der Waals surface area contributed by atoms with Crippen LogP contribution in [0.15, 0.2) is 12.1 Å². The van der Waals surface area contributed by atoms with E-state index < -0.39 is 0 Å². The second kappa shape index (κ2) is 4.08. The second-order valence-corrected chi connectivity index (χ2v) is 3.74. The molecule has 1 aromatic rings. The molecule has 2 N–H and O–H groups in total. The Bertz CT molecular complexity index is 366. The number of nitrogens with zero attached hydrogens (tertiary/aromatic N) is 1. The van der Waals surface area contributed by atoms with Crippen LogP contribution in [0.4, 0.5) is 5.69 Å². The van der Waals surface area contributed by atoms with Crippen molar-refractivity contribution in [2.45, 2.75) is 13.0 Å². The summed E-state index contributed by atoms with van der Waals surface area (Å²) in [5, 5.41) is 0. The van der Waals surface area contributed by atoms with E-state index in [9.17, 15) is 0 Å². The first kappa shape index (κ1) is 10.3. The van der Waals surface area contributed by atoms with Gasteiger partial charge in [-0.15, -0.1) is 0 Å². The molecule has 1 aliphatic rings. The molecule has 0 unspecified atom stereocenters. The Morgan fingerprint density at radius 2 is 2.27 bits per heavy atom. The molecule has 1 heterocycles. The average molecular weight is 208 g/mol. The van der Waals surface area contributed by atoms with Crippen LogP contribution in [0.1, 0.15) is 11.1 Å². The second-order valence-electron chi connectivity index (χ2n) is 3.74. The highest BCUT2D eigenvalue weighted by atomic mass is 16.6. The molecule has 1 aliphatic heterocycles. The van der Waals surface area contributed by atoms with Crippen molar-refractivity contribution < 1.29 is 9.57 Å². The van der Waals surface area contributed by atoms with Crippen molar-refractivity contribution in [3.63, 3.8) is 0 Å². The summed E-state index contributed by atoms with van der Waals surface area (Å²) in [6.45, 7) is 1.43. The molecule has 0 spiro atoms. The summed E-state index contributed by atoms with van der Waals surface area (Å²) in [6, 6.07) is 4.10. The number of rotatable bonds is 3. The molecule has 4 heteroatoms. The Morgan fingerprint density at radius 1 is 1.47 bits per heavy atom. The van der Waals surface area contributed by atoms with E-state index in [0.717, 1.165) is 24.3 Å². The third-order valence-electron chi connectivity index (χ3n) is 2.87. The molecule has 0 fully saturated rings. The average Bonchev–Trinajstić information content (AvgIpc) is 2.61. The van der Waals surface area contributed by atoms with Crippen molar-refractivity contribution >= 4 is 5.69 Å². The third kappa shape index (κ3) is 1.66. The molecule has 0 aliphatic carbocycles. The lowest BCUT2D eigenvalue weighted by atomic mass is 10.1. The summed E-state index contributed by atoms with van der Waals surface area (Å²) in [5.41, 5.74) is 3.51. The van der Waals surface area contributed by atoms with Gasteiger partial charge in [0.05, 0.1) is 13.7 Å². The monoisotopic (exact) mass is 208 g/mol. The highest BCUT2D eigenvalue weighted by Gasteiger charge is 2.21. The van der Waals surface area contributed by atoms with E-state index in [0.29, 0.717) is 6.61 Å². The lowest BCUT2D eigenvalue weighted by Crippen LogP contribution is -2.12. The fourth-order valence-corrected chi connectivity index (χ4v) is 2.12. The molecule has 82 valence electrons. The minimum atomic E-state index is 0.389. The molecule has 0 amide bonds. The van der Waals surface area contributed by atoms with E-state index in [-0.39, 0.29) is 0 Å². The first-order valence-electron chi connectivity index (χ1n) is 4.99. The van der Waals surface area contributed by atoms with E-state index in [4.69, 9.17) is 10.6 Å². The normalized spacial score (nSPS) is 14.2. The van der Waals surface area contributed by atoms with E-state index in [1.54, 1.807) is 7.11 Å². The molecular formula is C11H16N2O2. The lowest BCUT2D eigenvalue weighted by molar-refractivity contribution is 0.122. The topological polar surface area (TPSA) is 47.7 Å². The van der Waals surface area contributed by atoms with Crippen LogP contribution in [0.3, 0.4) is 0 Å². The van der Waals surface area contributed by atoms with Crippen molar-refractivity contribution in [2.75, 3.05) is 25.6 Å². The van der Waals surface area contributed by atoms with Gasteiger partial charge < -0.3 is 9.64 Å². The first-order valence-corrected chi connectivity index (χ1v) is 4.99. The zero-order valence-electron chi connectivity index (χ0n) is 9.12. The fraction of sp³-hybridized carbons (Fsp3) is 0.455. The number of nitrogens with two attached hydrogens (primary N) is 1. The zero-order chi connectivity index (χ0) is 10.8. The number of hydrogen-bond donors (Lipinski definition) is 1.